The summed E-state index contributed by atoms with van der Waals surface area (Å²) in [6.45, 7) is 0. The highest BCUT2D eigenvalue weighted by molar-refractivity contribution is 5.62. The molecular formula is C11H15N3O3. The molecule has 1 saturated carbocycles. The van der Waals surface area contributed by atoms with Gasteiger partial charge in [0, 0.05) is 24.2 Å². The lowest BCUT2D eigenvalue weighted by Gasteiger charge is -2.34. The van der Waals surface area contributed by atoms with Gasteiger partial charge in [0.1, 0.15) is 5.75 Å². The van der Waals surface area contributed by atoms with E-state index in [0.717, 1.165) is 12.8 Å². The van der Waals surface area contributed by atoms with Crippen LogP contribution in [0.4, 0.5) is 11.4 Å². The Balaban J connectivity index is 2.17. The fourth-order valence-corrected chi connectivity index (χ4v) is 1.92. The van der Waals surface area contributed by atoms with Gasteiger partial charge < -0.3 is 15.8 Å². The van der Waals surface area contributed by atoms with Gasteiger partial charge in [0.2, 0.25) is 0 Å². The number of nitro benzene ring substituents is 1. The molecule has 6 heteroatoms. The van der Waals surface area contributed by atoms with Crippen molar-refractivity contribution in [2.24, 2.45) is 5.73 Å². The number of benzene rings is 1. The summed E-state index contributed by atoms with van der Waals surface area (Å²) in [5.41, 5.74) is 6.40. The normalized spacial score (nSPS) is 22.7. The number of nitrogens with zero attached hydrogens (tertiary/aromatic N) is 1. The predicted molar refractivity (Wildman–Crippen MR) is 64.3 cm³/mol. The number of non-ortho nitro benzene ring substituents is 1. The third kappa shape index (κ3) is 2.47. The summed E-state index contributed by atoms with van der Waals surface area (Å²) in [6.07, 6.45) is 1.76. The van der Waals surface area contributed by atoms with Gasteiger partial charge in [-0.2, -0.15) is 0 Å². The van der Waals surface area contributed by atoms with Crippen molar-refractivity contribution in [3.05, 3.63) is 28.3 Å². The van der Waals surface area contributed by atoms with Gasteiger partial charge in [-0.1, -0.05) is 0 Å². The summed E-state index contributed by atoms with van der Waals surface area (Å²) in [5.74, 6) is 0.607. The molecule has 0 aliphatic heterocycles. The van der Waals surface area contributed by atoms with Gasteiger partial charge in [-0.3, -0.25) is 10.1 Å². The van der Waals surface area contributed by atoms with E-state index in [1.165, 1.54) is 12.1 Å². The summed E-state index contributed by atoms with van der Waals surface area (Å²) < 4.78 is 5.16. The van der Waals surface area contributed by atoms with Gasteiger partial charge in [0.05, 0.1) is 17.7 Å². The molecular weight excluding hydrogens is 222 g/mol. The average molecular weight is 237 g/mol. The second kappa shape index (κ2) is 4.58. The van der Waals surface area contributed by atoms with E-state index in [4.69, 9.17) is 10.5 Å². The van der Waals surface area contributed by atoms with Crippen LogP contribution < -0.4 is 15.8 Å². The topological polar surface area (TPSA) is 90.4 Å². The number of nitrogens with two attached hydrogens (primary N) is 1. The standard InChI is InChI=1S/C11H15N3O3/c1-17-11-3-2-9(14(15)16)6-10(11)13-8-4-7(12)5-8/h2-3,6-8,13H,4-5,12H2,1H3. The minimum atomic E-state index is -0.420. The summed E-state index contributed by atoms with van der Waals surface area (Å²) in [4.78, 5) is 10.3. The lowest BCUT2D eigenvalue weighted by atomic mass is 9.87. The maximum atomic E-state index is 10.7. The highest BCUT2D eigenvalue weighted by Gasteiger charge is 2.26. The molecule has 0 aromatic heterocycles. The predicted octanol–water partition coefficient (Wildman–Crippen LogP) is 1.50. The van der Waals surface area contributed by atoms with E-state index in [-0.39, 0.29) is 17.8 Å². The number of nitrogens with one attached hydrogen (secondary N) is 1. The number of rotatable bonds is 4. The third-order valence-electron chi connectivity index (χ3n) is 2.93. The molecule has 0 unspecified atom stereocenters. The van der Waals surface area contributed by atoms with Crippen LogP contribution >= 0.6 is 0 Å². The quantitative estimate of drug-likeness (QED) is 0.611. The molecule has 1 fully saturated rings. The second-order valence-electron chi connectivity index (χ2n) is 4.21. The summed E-state index contributed by atoms with van der Waals surface area (Å²) in [7, 11) is 1.54. The molecule has 2 rings (SSSR count). The van der Waals surface area contributed by atoms with Crippen molar-refractivity contribution in [2.45, 2.75) is 24.9 Å². The lowest BCUT2D eigenvalue weighted by Crippen LogP contribution is -2.44. The lowest BCUT2D eigenvalue weighted by molar-refractivity contribution is -0.384. The average Bonchev–Trinajstić information content (AvgIpc) is 2.26. The maximum absolute atomic E-state index is 10.7. The fraction of sp³-hybridized carbons (Fsp3) is 0.455. The third-order valence-corrected chi connectivity index (χ3v) is 2.93. The van der Waals surface area contributed by atoms with E-state index in [2.05, 4.69) is 5.32 Å². The molecule has 3 N–H and O–H groups in total. The summed E-state index contributed by atoms with van der Waals surface area (Å²) in [6, 6.07) is 5.02. The van der Waals surface area contributed by atoms with Gasteiger partial charge in [0.25, 0.3) is 5.69 Å². The van der Waals surface area contributed by atoms with E-state index in [9.17, 15) is 10.1 Å². The zero-order valence-electron chi connectivity index (χ0n) is 9.55. The van der Waals surface area contributed by atoms with Crippen LogP contribution in [0.5, 0.6) is 5.75 Å². The van der Waals surface area contributed by atoms with Crippen molar-refractivity contribution in [1.29, 1.82) is 0 Å². The monoisotopic (exact) mass is 237 g/mol. The highest BCUT2D eigenvalue weighted by Crippen LogP contribution is 2.32. The van der Waals surface area contributed by atoms with Crippen LogP contribution in [0.1, 0.15) is 12.8 Å². The first-order valence-electron chi connectivity index (χ1n) is 5.44. The smallest absolute Gasteiger partial charge is 0.271 e. The van der Waals surface area contributed by atoms with Crippen LogP contribution in [-0.4, -0.2) is 24.1 Å². The molecule has 0 atom stereocenters. The van der Waals surface area contributed by atoms with Crippen molar-refractivity contribution in [3.63, 3.8) is 0 Å². The van der Waals surface area contributed by atoms with Crippen LogP contribution in [0.25, 0.3) is 0 Å². The largest absolute Gasteiger partial charge is 0.495 e. The Labute approximate surface area is 98.9 Å². The first-order valence-corrected chi connectivity index (χ1v) is 5.44. The zero-order chi connectivity index (χ0) is 12.4. The number of nitro groups is 1. The van der Waals surface area contributed by atoms with E-state index in [1.54, 1.807) is 13.2 Å². The van der Waals surface area contributed by atoms with E-state index in [0.29, 0.717) is 11.4 Å². The molecule has 6 nitrogen and oxygen atoms in total. The number of methoxy groups -OCH3 is 1. The van der Waals surface area contributed by atoms with Crippen molar-refractivity contribution in [2.75, 3.05) is 12.4 Å². The van der Waals surface area contributed by atoms with Crippen LogP contribution in [0.3, 0.4) is 0 Å². The molecule has 92 valence electrons. The van der Waals surface area contributed by atoms with Gasteiger partial charge in [0.15, 0.2) is 0 Å². The number of hydrogen-bond donors (Lipinski definition) is 2. The van der Waals surface area contributed by atoms with E-state index in [1.807, 2.05) is 0 Å². The summed E-state index contributed by atoms with van der Waals surface area (Å²) in [5, 5.41) is 13.9. The molecule has 0 saturated heterocycles. The molecule has 0 spiro atoms. The molecule has 1 aromatic rings. The molecule has 0 amide bonds. The Morgan fingerprint density at radius 3 is 2.76 bits per heavy atom. The maximum Gasteiger partial charge on any atom is 0.271 e. The molecule has 1 aliphatic carbocycles. The fourth-order valence-electron chi connectivity index (χ4n) is 1.92. The first kappa shape index (κ1) is 11.7. The number of ether oxygens (including phenoxy) is 1. The molecule has 0 radical (unpaired) electrons. The van der Waals surface area contributed by atoms with Gasteiger partial charge in [-0.15, -0.1) is 0 Å². The Kier molecular flexibility index (Phi) is 3.14. The summed E-state index contributed by atoms with van der Waals surface area (Å²) >= 11 is 0. The molecule has 1 aliphatic rings. The van der Waals surface area contributed by atoms with E-state index < -0.39 is 4.92 Å². The van der Waals surface area contributed by atoms with Crippen LogP contribution in [-0.2, 0) is 0 Å². The van der Waals surface area contributed by atoms with Crippen molar-refractivity contribution < 1.29 is 9.66 Å². The highest BCUT2D eigenvalue weighted by atomic mass is 16.6. The van der Waals surface area contributed by atoms with E-state index >= 15 is 0 Å². The Morgan fingerprint density at radius 2 is 2.24 bits per heavy atom. The van der Waals surface area contributed by atoms with Crippen LogP contribution in [0, 0.1) is 10.1 Å². The molecule has 17 heavy (non-hydrogen) atoms. The molecule has 1 aromatic carbocycles. The Morgan fingerprint density at radius 1 is 1.53 bits per heavy atom. The van der Waals surface area contributed by atoms with Gasteiger partial charge in [-0.25, -0.2) is 0 Å². The second-order valence-corrected chi connectivity index (χ2v) is 4.21. The van der Waals surface area contributed by atoms with Gasteiger partial charge >= 0.3 is 0 Å². The SMILES string of the molecule is COc1ccc([N+](=O)[O-])cc1NC1CC(N)C1. The number of hydrogen-bond acceptors (Lipinski definition) is 5. The van der Waals surface area contributed by atoms with Crippen LogP contribution in [0.2, 0.25) is 0 Å². The number of anilines is 1. The van der Waals surface area contributed by atoms with Crippen molar-refractivity contribution >= 4 is 11.4 Å². The first-order chi connectivity index (χ1) is 8.10. The van der Waals surface area contributed by atoms with Crippen molar-refractivity contribution in [3.8, 4) is 5.75 Å². The minimum Gasteiger partial charge on any atom is -0.495 e. The molecule has 0 heterocycles. The Hall–Kier alpha value is -1.82. The van der Waals surface area contributed by atoms with Gasteiger partial charge in [-0.05, 0) is 18.9 Å². The van der Waals surface area contributed by atoms with Crippen LogP contribution in [0.15, 0.2) is 18.2 Å². The van der Waals surface area contributed by atoms with Crippen molar-refractivity contribution in [1.82, 2.24) is 0 Å². The zero-order valence-corrected chi connectivity index (χ0v) is 9.55. The Bertz CT molecular complexity index is 430. The minimum absolute atomic E-state index is 0.0527. The molecule has 0 bridgehead atoms.